The van der Waals surface area contributed by atoms with Crippen LogP contribution in [0.15, 0.2) is 70.0 Å². The number of aromatic nitrogens is 2. The van der Waals surface area contributed by atoms with Crippen molar-refractivity contribution in [1.29, 1.82) is 0 Å². The van der Waals surface area contributed by atoms with Crippen molar-refractivity contribution in [3.63, 3.8) is 0 Å². The topological polar surface area (TPSA) is 149 Å². The van der Waals surface area contributed by atoms with Gasteiger partial charge in [-0.1, -0.05) is 12.1 Å². The minimum atomic E-state index is -4.53. The Morgan fingerprint density at radius 2 is 1.11 bits per heavy atom. The average molecular weight is 1010 g/mol. The number of hydrogen-bond donors (Lipinski definition) is 4. The van der Waals surface area contributed by atoms with Crippen molar-refractivity contribution in [1.82, 2.24) is 41.3 Å². The van der Waals surface area contributed by atoms with Gasteiger partial charge in [0.2, 0.25) is 11.8 Å². The van der Waals surface area contributed by atoms with Gasteiger partial charge in [-0.25, -0.2) is 0 Å². The number of likely N-dealkylation sites (tertiary alicyclic amines) is 2. The van der Waals surface area contributed by atoms with E-state index < -0.39 is 35.3 Å². The molecule has 0 atom stereocenters. The SMILES string of the molecule is O=C(CNC(=O)c1cccc(C(F)(F)F)c1)NC1CN(C2CCC(c3cc(Br)cs3)CC2)C1.O=C(CNC(=O)c1cccc(C(F)(F)F)c1)NC1CN(C2CCC(c3nncs3)CC2)C1. The van der Waals surface area contributed by atoms with Crippen LogP contribution < -0.4 is 21.3 Å². The maximum absolute atomic E-state index is 12.8. The minimum Gasteiger partial charge on any atom is -0.349 e. The van der Waals surface area contributed by atoms with Crippen molar-refractivity contribution in [3.05, 3.63) is 102 Å². The molecule has 4 aliphatic rings. The zero-order valence-corrected chi connectivity index (χ0v) is 38.3. The summed E-state index contributed by atoms with van der Waals surface area (Å²) in [4.78, 5) is 54.7. The molecule has 4 fully saturated rings. The summed E-state index contributed by atoms with van der Waals surface area (Å²) in [6.07, 6.45) is -0.0355. The lowest BCUT2D eigenvalue weighted by Crippen LogP contribution is -2.63. The molecule has 2 aromatic heterocycles. The molecule has 65 heavy (non-hydrogen) atoms. The molecule has 0 bridgehead atoms. The highest BCUT2D eigenvalue weighted by Gasteiger charge is 2.38. The van der Waals surface area contributed by atoms with Crippen LogP contribution in [0.1, 0.15) is 105 Å². The van der Waals surface area contributed by atoms with E-state index in [1.54, 1.807) is 16.8 Å². The van der Waals surface area contributed by atoms with Crippen LogP contribution >= 0.6 is 38.6 Å². The molecule has 4 aromatic rings. The lowest BCUT2D eigenvalue weighted by Gasteiger charge is -2.46. The molecule has 2 saturated heterocycles. The number of benzene rings is 2. The molecule has 2 aliphatic carbocycles. The van der Waals surface area contributed by atoms with Gasteiger partial charge in [-0.15, -0.1) is 32.9 Å². The summed E-state index contributed by atoms with van der Waals surface area (Å²) in [5.74, 6) is -0.984. The van der Waals surface area contributed by atoms with Gasteiger partial charge < -0.3 is 21.3 Å². The Kier molecular flexibility index (Phi) is 16.0. The fourth-order valence-corrected chi connectivity index (χ4v) is 11.2. The summed E-state index contributed by atoms with van der Waals surface area (Å²) in [6, 6.07) is 11.6. The normalized spacial score (nSPS) is 22.1. The maximum atomic E-state index is 12.8. The van der Waals surface area contributed by atoms with Crippen LogP contribution in [0, 0.1) is 0 Å². The minimum absolute atomic E-state index is 0.0221. The largest absolute Gasteiger partial charge is 0.416 e. The van der Waals surface area contributed by atoms with E-state index in [1.807, 2.05) is 11.3 Å². The zero-order valence-electron chi connectivity index (χ0n) is 35.1. The van der Waals surface area contributed by atoms with E-state index in [1.165, 1.54) is 42.0 Å². The Morgan fingerprint density at radius 1 is 0.646 bits per heavy atom. The summed E-state index contributed by atoms with van der Waals surface area (Å²) in [5.41, 5.74) is -0.288. The summed E-state index contributed by atoms with van der Waals surface area (Å²) in [6.45, 7) is 2.55. The molecule has 2 saturated carbocycles. The number of carbonyl (C=O) groups is 4. The first-order valence-electron chi connectivity index (χ1n) is 21.5. The monoisotopic (exact) mass is 1010 g/mol. The number of thiophene rings is 1. The Morgan fingerprint density at radius 3 is 1.51 bits per heavy atom. The molecule has 2 aromatic carbocycles. The Labute approximate surface area is 388 Å². The molecule has 4 amide bonds. The molecular weight excluding hydrogens is 963 g/mol. The van der Waals surface area contributed by atoms with Gasteiger partial charge in [-0.2, -0.15) is 26.3 Å². The maximum Gasteiger partial charge on any atom is 0.416 e. The molecule has 4 N–H and O–H groups in total. The van der Waals surface area contributed by atoms with Crippen LogP contribution in [0.5, 0.6) is 0 Å². The van der Waals surface area contributed by atoms with E-state index in [4.69, 9.17) is 0 Å². The predicted molar refractivity (Wildman–Crippen MR) is 236 cm³/mol. The first-order valence-corrected chi connectivity index (χ1v) is 24.0. The second kappa shape index (κ2) is 21.5. The number of nitrogens with zero attached hydrogens (tertiary/aromatic N) is 4. The number of hydrogen-bond acceptors (Lipinski definition) is 10. The molecule has 4 heterocycles. The first-order chi connectivity index (χ1) is 31.0. The van der Waals surface area contributed by atoms with Crippen LogP contribution in [0.4, 0.5) is 26.3 Å². The van der Waals surface area contributed by atoms with Gasteiger partial charge in [0.1, 0.15) is 10.5 Å². The van der Waals surface area contributed by atoms with E-state index in [-0.39, 0.29) is 48.1 Å². The Hall–Kier alpha value is -4.44. The van der Waals surface area contributed by atoms with Gasteiger partial charge in [0.05, 0.1) is 36.3 Å². The van der Waals surface area contributed by atoms with Crippen LogP contribution in [0.25, 0.3) is 0 Å². The summed E-state index contributed by atoms with van der Waals surface area (Å²) in [5, 5.41) is 21.9. The summed E-state index contributed by atoms with van der Waals surface area (Å²) >= 11 is 6.95. The van der Waals surface area contributed by atoms with Crippen LogP contribution in [0.2, 0.25) is 0 Å². The molecule has 0 unspecified atom stereocenters. The fraction of sp³-hybridized carbons (Fsp3) is 0.500. The van der Waals surface area contributed by atoms with Crippen molar-refractivity contribution in [2.24, 2.45) is 0 Å². The molecule has 2 aliphatic heterocycles. The van der Waals surface area contributed by atoms with E-state index in [9.17, 15) is 45.5 Å². The van der Waals surface area contributed by atoms with E-state index in [0.717, 1.165) is 98.4 Å². The third kappa shape index (κ3) is 13.4. The molecule has 0 spiro atoms. The van der Waals surface area contributed by atoms with Crippen molar-refractivity contribution < 1.29 is 45.5 Å². The molecule has 0 radical (unpaired) electrons. The van der Waals surface area contributed by atoms with Gasteiger partial charge in [0.25, 0.3) is 11.8 Å². The number of nitrogens with one attached hydrogen (secondary N) is 4. The van der Waals surface area contributed by atoms with E-state index >= 15 is 0 Å². The van der Waals surface area contributed by atoms with Gasteiger partial charge in [-0.05, 0) is 116 Å². The number of amides is 4. The highest BCUT2D eigenvalue weighted by Crippen LogP contribution is 2.40. The van der Waals surface area contributed by atoms with Crippen molar-refractivity contribution in [2.45, 2.75) is 99.7 Å². The Bertz CT molecular complexity index is 2250. The standard InChI is InChI=1S/C23H25BrF3N3O2S.C21H24F3N5O2S/c24-17-9-20(33-13-17)14-4-6-19(7-5-14)30-11-18(12-30)29-21(31)10-28-22(32)15-2-1-3-16(8-15)23(25,26)27;22-21(23,24)15-3-1-2-14(8-15)19(31)25-9-18(30)27-16-10-29(11-16)17-6-4-13(5-7-17)20-28-26-12-32-20/h1-3,8-9,13-14,18-19H,4-7,10-12H2,(H,28,32)(H,29,31);1-3,8,12-13,16-17H,4-7,9-11H2,(H,25,31)(H,27,30). The van der Waals surface area contributed by atoms with Crippen molar-refractivity contribution in [2.75, 3.05) is 39.3 Å². The molecule has 350 valence electrons. The quantitative estimate of drug-likeness (QED) is 0.106. The number of rotatable bonds is 12. The van der Waals surface area contributed by atoms with Gasteiger partial charge >= 0.3 is 12.4 Å². The van der Waals surface area contributed by atoms with Gasteiger partial charge in [-0.3, -0.25) is 29.0 Å². The highest BCUT2D eigenvalue weighted by molar-refractivity contribution is 9.10. The first kappa shape index (κ1) is 48.5. The summed E-state index contributed by atoms with van der Waals surface area (Å²) < 4.78 is 77.9. The highest BCUT2D eigenvalue weighted by atomic mass is 79.9. The van der Waals surface area contributed by atoms with Crippen LogP contribution in [0.3, 0.4) is 0 Å². The van der Waals surface area contributed by atoms with Crippen LogP contribution in [-0.2, 0) is 21.9 Å². The number of carbonyl (C=O) groups excluding carboxylic acids is 4. The number of halogens is 7. The average Bonchev–Trinajstić information content (AvgIpc) is 3.97. The lowest BCUT2D eigenvalue weighted by atomic mass is 9.83. The fourth-order valence-electron chi connectivity index (χ4n) is 8.88. The van der Waals surface area contributed by atoms with E-state index in [2.05, 4.69) is 68.6 Å². The van der Waals surface area contributed by atoms with Crippen LogP contribution in [-0.4, -0.2) is 107 Å². The summed E-state index contributed by atoms with van der Waals surface area (Å²) in [7, 11) is 0. The van der Waals surface area contributed by atoms with Gasteiger partial charge in [0, 0.05) is 70.0 Å². The molecule has 8 rings (SSSR count). The lowest BCUT2D eigenvalue weighted by molar-refractivity contribution is -0.138. The van der Waals surface area contributed by atoms with Crippen molar-refractivity contribution >= 4 is 62.2 Å². The number of alkyl halides is 6. The predicted octanol–water partition coefficient (Wildman–Crippen LogP) is 7.60. The second-order valence-corrected chi connectivity index (χ2v) is 19.6. The zero-order chi connectivity index (χ0) is 46.3. The third-order valence-electron chi connectivity index (χ3n) is 12.4. The molecule has 21 heteroatoms. The smallest absolute Gasteiger partial charge is 0.349 e. The molecule has 12 nitrogen and oxygen atoms in total. The Balaban J connectivity index is 0.000000194. The van der Waals surface area contributed by atoms with Gasteiger partial charge in [0.15, 0.2) is 0 Å². The third-order valence-corrected chi connectivity index (χ3v) is 15.1. The van der Waals surface area contributed by atoms with E-state index in [0.29, 0.717) is 23.9 Å². The van der Waals surface area contributed by atoms with Crippen molar-refractivity contribution in [3.8, 4) is 0 Å². The molecular formula is C44H49BrF6N8O4S2. The second-order valence-electron chi connectivity index (χ2n) is 16.9.